The summed E-state index contributed by atoms with van der Waals surface area (Å²) in [6.07, 6.45) is 6.14. The van der Waals surface area contributed by atoms with E-state index < -0.39 is 0 Å². The molecule has 0 aromatic carbocycles. The Morgan fingerprint density at radius 2 is 2.19 bits per heavy atom. The third-order valence-corrected chi connectivity index (χ3v) is 5.15. The number of hydrogen-bond acceptors (Lipinski definition) is 6. The lowest BCUT2D eigenvalue weighted by molar-refractivity contribution is 0.314. The van der Waals surface area contributed by atoms with Gasteiger partial charge < -0.3 is 15.5 Å². The van der Waals surface area contributed by atoms with Gasteiger partial charge in [0.15, 0.2) is 0 Å². The van der Waals surface area contributed by atoms with Crippen molar-refractivity contribution in [3.05, 3.63) is 24.5 Å². The van der Waals surface area contributed by atoms with Crippen molar-refractivity contribution in [2.75, 3.05) is 37.8 Å². The summed E-state index contributed by atoms with van der Waals surface area (Å²) in [5, 5.41) is 1.14. The normalized spacial score (nSPS) is 19.0. The molecule has 2 aromatic rings. The summed E-state index contributed by atoms with van der Waals surface area (Å²) in [5.74, 6) is 0.604. The third-order valence-electron chi connectivity index (χ3n) is 4.17. The molecule has 3 rings (SSSR count). The molecule has 5 nitrogen and oxygen atoms in total. The highest BCUT2D eigenvalue weighted by Crippen LogP contribution is 2.38. The van der Waals surface area contributed by atoms with Crippen LogP contribution in [0.4, 0.5) is 10.8 Å². The maximum Gasteiger partial charge on any atom is 0.147 e. The molecule has 3 heterocycles. The Labute approximate surface area is 129 Å². The zero-order chi connectivity index (χ0) is 14.8. The number of nitrogens with two attached hydrogens (primary N) is 1. The molecule has 112 valence electrons. The summed E-state index contributed by atoms with van der Waals surface area (Å²) >= 11 is 1.48. The van der Waals surface area contributed by atoms with Gasteiger partial charge in [-0.05, 0) is 55.7 Å². The van der Waals surface area contributed by atoms with Gasteiger partial charge in [0.2, 0.25) is 0 Å². The van der Waals surface area contributed by atoms with Gasteiger partial charge in [0.25, 0.3) is 0 Å². The van der Waals surface area contributed by atoms with E-state index in [0.717, 1.165) is 22.7 Å². The molecule has 0 radical (unpaired) electrons. The topological polar surface area (TPSA) is 58.3 Å². The first-order chi connectivity index (χ1) is 10.2. The van der Waals surface area contributed by atoms with Crippen molar-refractivity contribution >= 4 is 22.4 Å². The van der Waals surface area contributed by atoms with E-state index >= 15 is 0 Å². The number of hydrogen-bond donors (Lipinski definition) is 1. The predicted octanol–water partition coefficient (Wildman–Crippen LogP) is 2.32. The highest BCUT2D eigenvalue weighted by atomic mass is 32.1. The minimum atomic E-state index is 0.604. The molecule has 0 aliphatic carbocycles. The maximum atomic E-state index is 6.09. The SMILES string of the molecule is CN(CC1CCCN1C)c1snc(N)c1-c1ccncc1. The Morgan fingerprint density at radius 1 is 1.43 bits per heavy atom. The van der Waals surface area contributed by atoms with E-state index in [1.165, 1.54) is 30.9 Å². The van der Waals surface area contributed by atoms with Gasteiger partial charge in [0.05, 0.1) is 5.56 Å². The van der Waals surface area contributed by atoms with E-state index in [2.05, 4.69) is 33.3 Å². The first-order valence-corrected chi connectivity index (χ1v) is 8.01. The van der Waals surface area contributed by atoms with Crippen LogP contribution in [0.5, 0.6) is 0 Å². The molecular weight excluding hydrogens is 282 g/mol. The lowest BCUT2D eigenvalue weighted by atomic mass is 10.1. The summed E-state index contributed by atoms with van der Waals surface area (Å²) in [6.45, 7) is 2.21. The Balaban J connectivity index is 1.85. The van der Waals surface area contributed by atoms with Crippen molar-refractivity contribution in [3.63, 3.8) is 0 Å². The van der Waals surface area contributed by atoms with E-state index in [9.17, 15) is 0 Å². The number of anilines is 2. The van der Waals surface area contributed by atoms with Crippen molar-refractivity contribution in [3.8, 4) is 11.1 Å². The molecule has 0 spiro atoms. The number of pyridine rings is 1. The lowest BCUT2D eigenvalue weighted by Gasteiger charge is -2.26. The van der Waals surface area contributed by atoms with Crippen LogP contribution < -0.4 is 10.6 Å². The van der Waals surface area contributed by atoms with Gasteiger partial charge in [-0.1, -0.05) is 0 Å². The van der Waals surface area contributed by atoms with Crippen molar-refractivity contribution in [2.24, 2.45) is 0 Å². The molecule has 1 fully saturated rings. The number of aromatic nitrogens is 2. The van der Waals surface area contributed by atoms with Crippen LogP contribution in [0.3, 0.4) is 0 Å². The summed E-state index contributed by atoms with van der Waals surface area (Å²) < 4.78 is 4.35. The number of rotatable bonds is 4. The predicted molar refractivity (Wildman–Crippen MR) is 88.7 cm³/mol. The second-order valence-electron chi connectivity index (χ2n) is 5.64. The van der Waals surface area contributed by atoms with Crippen LogP contribution >= 0.6 is 11.5 Å². The van der Waals surface area contributed by atoms with Crippen LogP contribution in [0, 0.1) is 0 Å². The molecular formula is C15H21N5S. The smallest absolute Gasteiger partial charge is 0.147 e. The minimum absolute atomic E-state index is 0.604. The van der Waals surface area contributed by atoms with E-state index in [1.807, 2.05) is 12.1 Å². The molecule has 0 saturated carbocycles. The van der Waals surface area contributed by atoms with Gasteiger partial charge in [0, 0.05) is 32.0 Å². The maximum absolute atomic E-state index is 6.09. The molecule has 0 amide bonds. The van der Waals surface area contributed by atoms with Gasteiger partial charge in [0.1, 0.15) is 10.8 Å². The molecule has 21 heavy (non-hydrogen) atoms. The van der Waals surface area contributed by atoms with Crippen LogP contribution in [0.2, 0.25) is 0 Å². The fourth-order valence-corrected chi connectivity index (χ4v) is 3.76. The standard InChI is InChI=1S/C15H21N5S/c1-19-9-3-4-12(19)10-20(2)15-13(14(16)18-21-15)11-5-7-17-8-6-11/h5-8,12H,3-4,9-10H2,1-2H3,(H2,16,18). The molecule has 1 unspecified atom stereocenters. The summed E-state index contributed by atoms with van der Waals surface area (Å²) in [4.78, 5) is 8.80. The Morgan fingerprint density at radius 3 is 2.86 bits per heavy atom. The van der Waals surface area contributed by atoms with Gasteiger partial charge in [-0.15, -0.1) is 0 Å². The highest BCUT2D eigenvalue weighted by molar-refractivity contribution is 7.11. The second kappa shape index (κ2) is 5.99. The van der Waals surface area contributed by atoms with Crippen molar-refractivity contribution in [1.82, 2.24) is 14.3 Å². The fraction of sp³-hybridized carbons (Fsp3) is 0.467. The largest absolute Gasteiger partial charge is 0.382 e. The summed E-state index contributed by atoms with van der Waals surface area (Å²) in [7, 11) is 4.33. The van der Waals surface area contributed by atoms with Gasteiger partial charge in [-0.2, -0.15) is 4.37 Å². The number of nitrogen functional groups attached to an aromatic ring is 1. The quantitative estimate of drug-likeness (QED) is 0.939. The molecule has 1 atom stereocenters. The van der Waals surface area contributed by atoms with Crippen LogP contribution in [-0.4, -0.2) is 47.5 Å². The van der Waals surface area contributed by atoms with E-state index in [1.54, 1.807) is 12.4 Å². The van der Waals surface area contributed by atoms with Crippen molar-refractivity contribution in [1.29, 1.82) is 0 Å². The Bertz CT molecular complexity index is 597. The second-order valence-corrected chi connectivity index (χ2v) is 6.39. The highest BCUT2D eigenvalue weighted by Gasteiger charge is 2.24. The average molecular weight is 303 g/mol. The molecule has 2 aromatic heterocycles. The first kappa shape index (κ1) is 14.3. The van der Waals surface area contributed by atoms with Gasteiger partial charge in [-0.25, -0.2) is 0 Å². The third kappa shape index (κ3) is 2.87. The van der Waals surface area contributed by atoms with E-state index in [0.29, 0.717) is 11.9 Å². The lowest BCUT2D eigenvalue weighted by Crippen LogP contribution is -2.36. The van der Waals surface area contributed by atoms with Gasteiger partial charge >= 0.3 is 0 Å². The van der Waals surface area contributed by atoms with Crippen LogP contribution in [-0.2, 0) is 0 Å². The molecule has 0 bridgehead atoms. The monoisotopic (exact) mass is 303 g/mol. The Kier molecular flexibility index (Phi) is 4.07. The summed E-state index contributed by atoms with van der Waals surface area (Å²) in [6, 6.07) is 4.58. The van der Waals surface area contributed by atoms with E-state index in [-0.39, 0.29) is 0 Å². The average Bonchev–Trinajstić information content (AvgIpc) is 3.06. The first-order valence-electron chi connectivity index (χ1n) is 7.23. The fourth-order valence-electron chi connectivity index (χ4n) is 2.95. The molecule has 2 N–H and O–H groups in total. The molecule has 1 aliphatic rings. The zero-order valence-corrected chi connectivity index (χ0v) is 13.3. The number of nitrogens with zero attached hydrogens (tertiary/aromatic N) is 4. The van der Waals surface area contributed by atoms with Gasteiger partial charge in [-0.3, -0.25) is 4.98 Å². The van der Waals surface area contributed by atoms with Crippen LogP contribution in [0.25, 0.3) is 11.1 Å². The molecule has 1 saturated heterocycles. The molecule has 6 heteroatoms. The van der Waals surface area contributed by atoms with Crippen molar-refractivity contribution in [2.45, 2.75) is 18.9 Å². The number of likely N-dealkylation sites (N-methyl/N-ethyl adjacent to an activating group) is 2. The van der Waals surface area contributed by atoms with Crippen LogP contribution in [0.15, 0.2) is 24.5 Å². The Hall–Kier alpha value is -1.66. The molecule has 1 aliphatic heterocycles. The van der Waals surface area contributed by atoms with Crippen molar-refractivity contribution < 1.29 is 0 Å². The summed E-state index contributed by atoms with van der Waals surface area (Å²) in [5.41, 5.74) is 8.20. The zero-order valence-electron chi connectivity index (χ0n) is 12.5. The van der Waals surface area contributed by atoms with E-state index in [4.69, 9.17) is 5.73 Å². The number of likely N-dealkylation sites (tertiary alicyclic amines) is 1. The van der Waals surface area contributed by atoms with Crippen LogP contribution in [0.1, 0.15) is 12.8 Å². The minimum Gasteiger partial charge on any atom is -0.382 e.